The van der Waals surface area contributed by atoms with Crippen molar-refractivity contribution in [2.75, 3.05) is 0 Å². The fourth-order valence-corrected chi connectivity index (χ4v) is 4.30. The number of carbonyl (C=O) groups excluding carboxylic acids is 2. The molecule has 31 heavy (non-hydrogen) atoms. The van der Waals surface area contributed by atoms with Crippen LogP contribution in [-0.4, -0.2) is 22.3 Å². The first-order chi connectivity index (χ1) is 15.0. The molecule has 4 rings (SSSR count). The highest BCUT2D eigenvalue weighted by Crippen LogP contribution is 2.27. The normalized spacial score (nSPS) is 14.1. The summed E-state index contributed by atoms with van der Waals surface area (Å²) in [6.45, 7) is 1.91. The average Bonchev–Trinajstić information content (AvgIpc) is 3.46. The highest BCUT2D eigenvalue weighted by Gasteiger charge is 2.20. The molecule has 1 aliphatic heterocycles. The topological polar surface area (TPSA) is 59.4 Å². The van der Waals surface area contributed by atoms with Crippen molar-refractivity contribution in [3.05, 3.63) is 93.0 Å². The summed E-state index contributed by atoms with van der Waals surface area (Å²) in [4.78, 5) is 33.5. The number of Topliss-reactive ketones (excluding diaryl/α,β-unsaturated/α-hetero) is 2. The molecule has 1 aromatic heterocycles. The van der Waals surface area contributed by atoms with E-state index >= 15 is 0 Å². The molecule has 0 bridgehead atoms. The highest BCUT2D eigenvalue weighted by atomic mass is 35.5. The van der Waals surface area contributed by atoms with Crippen molar-refractivity contribution < 1.29 is 9.59 Å². The van der Waals surface area contributed by atoms with Gasteiger partial charge < -0.3 is 0 Å². The highest BCUT2D eigenvalue weighted by molar-refractivity contribution is 7.07. The van der Waals surface area contributed by atoms with Crippen molar-refractivity contribution in [2.24, 2.45) is 4.99 Å². The van der Waals surface area contributed by atoms with Gasteiger partial charge in [0.05, 0.1) is 5.51 Å². The number of nitrogens with zero attached hydrogens (tertiary/aromatic N) is 2. The van der Waals surface area contributed by atoms with Gasteiger partial charge in [-0.15, -0.1) is 11.3 Å². The van der Waals surface area contributed by atoms with Gasteiger partial charge in [-0.3, -0.25) is 14.6 Å². The molecule has 0 aliphatic carbocycles. The molecule has 0 amide bonds. The Labute approximate surface area is 190 Å². The molecule has 156 valence electrons. The minimum Gasteiger partial charge on any atom is -0.299 e. The molecule has 3 aromatic rings. The number of benzene rings is 2. The Bertz CT molecular complexity index is 1160. The lowest BCUT2D eigenvalue weighted by Crippen LogP contribution is -2.13. The molecule has 6 heteroatoms. The lowest BCUT2D eigenvalue weighted by Gasteiger charge is -2.11. The third kappa shape index (κ3) is 5.24. The lowest BCUT2D eigenvalue weighted by atomic mass is 9.92. The molecular weight excluding hydrogens is 428 g/mol. The fraction of sp³-hybridized carbons (Fsp3) is 0.200. The zero-order valence-electron chi connectivity index (χ0n) is 17.0. The number of ketones is 2. The summed E-state index contributed by atoms with van der Waals surface area (Å²) >= 11 is 7.47. The summed E-state index contributed by atoms with van der Waals surface area (Å²) in [6, 6.07) is 15.4. The molecule has 0 fully saturated rings. The molecular formula is C25H21ClN2O2S. The van der Waals surface area contributed by atoms with Crippen LogP contribution in [0.4, 0.5) is 0 Å². The molecule has 2 aromatic carbocycles. The van der Waals surface area contributed by atoms with Gasteiger partial charge in [0.1, 0.15) is 11.5 Å². The summed E-state index contributed by atoms with van der Waals surface area (Å²) in [5, 5.41) is 2.41. The number of allylic oxidation sites excluding steroid dienone is 1. The Morgan fingerprint density at radius 2 is 1.94 bits per heavy atom. The van der Waals surface area contributed by atoms with Crippen LogP contribution in [0.25, 0.3) is 5.57 Å². The van der Waals surface area contributed by atoms with E-state index < -0.39 is 0 Å². The predicted octanol–water partition coefficient (Wildman–Crippen LogP) is 6.17. The van der Waals surface area contributed by atoms with Crippen LogP contribution in [0.3, 0.4) is 0 Å². The van der Waals surface area contributed by atoms with Crippen molar-refractivity contribution >= 4 is 45.8 Å². The van der Waals surface area contributed by atoms with E-state index in [2.05, 4.69) is 9.98 Å². The van der Waals surface area contributed by atoms with E-state index in [1.54, 1.807) is 17.0 Å². The Kier molecular flexibility index (Phi) is 6.54. The van der Waals surface area contributed by atoms with Gasteiger partial charge in [0.25, 0.3) is 0 Å². The fourth-order valence-electron chi connectivity index (χ4n) is 3.54. The SMILES string of the molecule is CC(C(=O)CC1=NC=C(c2ccc(CC(=O)c3cscn3)cc2)C1)c1cccc(Cl)c1. The quantitative estimate of drug-likeness (QED) is 0.387. The Hall–Kier alpha value is -2.89. The number of aromatic nitrogens is 1. The van der Waals surface area contributed by atoms with Gasteiger partial charge in [0.15, 0.2) is 5.78 Å². The average molecular weight is 449 g/mol. The summed E-state index contributed by atoms with van der Waals surface area (Å²) in [6.07, 6.45) is 3.15. The summed E-state index contributed by atoms with van der Waals surface area (Å²) in [7, 11) is 0. The van der Waals surface area contributed by atoms with Crippen molar-refractivity contribution in [3.8, 4) is 0 Å². The van der Waals surface area contributed by atoms with E-state index in [0.717, 1.165) is 28.0 Å². The van der Waals surface area contributed by atoms with Gasteiger partial charge in [0.2, 0.25) is 0 Å². The monoisotopic (exact) mass is 448 g/mol. The van der Waals surface area contributed by atoms with E-state index in [1.165, 1.54) is 11.3 Å². The largest absolute Gasteiger partial charge is 0.299 e. The van der Waals surface area contributed by atoms with Crippen LogP contribution >= 0.6 is 22.9 Å². The van der Waals surface area contributed by atoms with Gasteiger partial charge in [-0.2, -0.15) is 0 Å². The van der Waals surface area contributed by atoms with Crippen LogP contribution in [0.5, 0.6) is 0 Å². The second-order valence-electron chi connectivity index (χ2n) is 7.62. The van der Waals surface area contributed by atoms with Crippen LogP contribution in [0.2, 0.25) is 5.02 Å². The maximum absolute atomic E-state index is 12.7. The number of rotatable bonds is 8. The standard InChI is InChI=1S/C25H21ClN2O2S/c1-16(19-3-2-4-21(26)10-19)24(29)12-22-11-20(13-27-22)18-7-5-17(6-8-18)9-25(30)23-14-31-15-28-23/h2-8,10,13-16H,9,11-12H2,1H3. The summed E-state index contributed by atoms with van der Waals surface area (Å²) < 4.78 is 0. The van der Waals surface area contributed by atoms with Gasteiger partial charge in [0, 0.05) is 47.5 Å². The first-order valence-electron chi connectivity index (χ1n) is 10.0. The maximum atomic E-state index is 12.7. The molecule has 4 nitrogen and oxygen atoms in total. The van der Waals surface area contributed by atoms with Crippen LogP contribution < -0.4 is 0 Å². The second-order valence-corrected chi connectivity index (χ2v) is 8.77. The van der Waals surface area contributed by atoms with Crippen LogP contribution in [-0.2, 0) is 11.2 Å². The molecule has 2 heterocycles. The van der Waals surface area contributed by atoms with Crippen molar-refractivity contribution in [1.82, 2.24) is 4.98 Å². The first-order valence-corrected chi connectivity index (χ1v) is 11.3. The zero-order chi connectivity index (χ0) is 21.8. The van der Waals surface area contributed by atoms with E-state index in [0.29, 0.717) is 30.0 Å². The number of halogens is 1. The molecule has 0 N–H and O–H groups in total. The Balaban J connectivity index is 1.33. The third-order valence-corrected chi connectivity index (χ3v) is 6.24. The van der Waals surface area contributed by atoms with E-state index in [4.69, 9.17) is 11.6 Å². The molecule has 0 spiro atoms. The van der Waals surface area contributed by atoms with Crippen molar-refractivity contribution in [1.29, 1.82) is 0 Å². The minimum atomic E-state index is -0.222. The smallest absolute Gasteiger partial charge is 0.186 e. The number of hydrogen-bond acceptors (Lipinski definition) is 5. The number of carbonyl (C=O) groups is 2. The molecule has 1 atom stereocenters. The third-order valence-electron chi connectivity index (χ3n) is 5.41. The summed E-state index contributed by atoms with van der Waals surface area (Å²) in [5.74, 6) is -0.0707. The molecule has 1 unspecified atom stereocenters. The van der Waals surface area contributed by atoms with Crippen molar-refractivity contribution in [3.63, 3.8) is 0 Å². The van der Waals surface area contributed by atoms with Crippen LogP contribution in [0, 0.1) is 0 Å². The van der Waals surface area contributed by atoms with Gasteiger partial charge in [-0.05, 0) is 34.4 Å². The second kappa shape index (κ2) is 9.50. The zero-order valence-corrected chi connectivity index (χ0v) is 18.6. The van der Waals surface area contributed by atoms with Crippen molar-refractivity contribution in [2.45, 2.75) is 32.1 Å². The summed E-state index contributed by atoms with van der Waals surface area (Å²) in [5.41, 5.74) is 7.06. The van der Waals surface area contributed by atoms with E-state index in [1.807, 2.05) is 55.6 Å². The van der Waals surface area contributed by atoms with Gasteiger partial charge in [-0.25, -0.2) is 4.98 Å². The maximum Gasteiger partial charge on any atom is 0.186 e. The van der Waals surface area contributed by atoms with Gasteiger partial charge in [-0.1, -0.05) is 54.9 Å². The molecule has 0 radical (unpaired) electrons. The Morgan fingerprint density at radius 1 is 1.13 bits per heavy atom. The van der Waals surface area contributed by atoms with E-state index in [9.17, 15) is 9.59 Å². The predicted molar refractivity (Wildman–Crippen MR) is 126 cm³/mol. The first kappa shape index (κ1) is 21.3. The number of thiazole rings is 1. The molecule has 0 saturated heterocycles. The van der Waals surface area contributed by atoms with Crippen LogP contribution in [0.1, 0.15) is 52.9 Å². The molecule has 0 saturated carbocycles. The molecule has 1 aliphatic rings. The van der Waals surface area contributed by atoms with Crippen LogP contribution in [0.15, 0.2) is 70.6 Å². The number of aliphatic imine (C=N–C) groups is 1. The number of hydrogen-bond donors (Lipinski definition) is 0. The van der Waals surface area contributed by atoms with Gasteiger partial charge >= 0.3 is 0 Å². The Morgan fingerprint density at radius 3 is 2.65 bits per heavy atom. The van der Waals surface area contributed by atoms with E-state index in [-0.39, 0.29) is 17.5 Å². The minimum absolute atomic E-state index is 0.0204. The lowest BCUT2D eigenvalue weighted by molar-refractivity contribution is -0.119.